The molecule has 0 bridgehead atoms. The number of fused-ring (bicyclic) bond motifs is 1. The third kappa shape index (κ3) is 3.62. The standard InChI is InChI=1S/C25H20N4OS/c1-16-13-14-20-21(15-16)31-25(26-20)27-24(30)22-17(2)29(19-11-7-4-8-12-19)28-23(22)18-9-5-3-6-10-18/h3-15H,1-2H3,(H,26,27,30). The fourth-order valence-electron chi connectivity index (χ4n) is 3.64. The highest BCUT2D eigenvalue weighted by Crippen LogP contribution is 2.30. The van der Waals surface area contributed by atoms with E-state index in [-0.39, 0.29) is 5.91 Å². The van der Waals surface area contributed by atoms with Crippen LogP contribution in [0.3, 0.4) is 0 Å². The van der Waals surface area contributed by atoms with Crippen LogP contribution in [0.1, 0.15) is 21.6 Å². The van der Waals surface area contributed by atoms with Gasteiger partial charge in [-0.1, -0.05) is 65.9 Å². The minimum atomic E-state index is -0.214. The molecule has 0 saturated heterocycles. The van der Waals surface area contributed by atoms with Gasteiger partial charge in [0.1, 0.15) is 5.69 Å². The Labute approximate surface area is 184 Å². The minimum Gasteiger partial charge on any atom is -0.298 e. The fourth-order valence-corrected chi connectivity index (χ4v) is 4.60. The molecule has 0 aliphatic rings. The van der Waals surface area contributed by atoms with Crippen molar-refractivity contribution in [3.05, 3.63) is 95.7 Å². The lowest BCUT2D eigenvalue weighted by Crippen LogP contribution is -2.14. The molecule has 0 fully saturated rings. The van der Waals surface area contributed by atoms with Crippen molar-refractivity contribution in [2.24, 2.45) is 0 Å². The SMILES string of the molecule is Cc1ccc2nc(NC(=O)c3c(-c4ccccc4)nn(-c4ccccc4)c3C)sc2c1. The lowest BCUT2D eigenvalue weighted by atomic mass is 10.1. The van der Waals surface area contributed by atoms with Crippen molar-refractivity contribution >= 4 is 32.6 Å². The van der Waals surface area contributed by atoms with Crippen molar-refractivity contribution in [3.8, 4) is 16.9 Å². The van der Waals surface area contributed by atoms with E-state index in [1.54, 1.807) is 0 Å². The number of carbonyl (C=O) groups excluding carboxylic acids is 1. The average Bonchev–Trinajstić information content (AvgIpc) is 3.34. The summed E-state index contributed by atoms with van der Waals surface area (Å²) < 4.78 is 2.87. The first-order valence-electron chi connectivity index (χ1n) is 9.99. The van der Waals surface area contributed by atoms with Gasteiger partial charge < -0.3 is 0 Å². The first-order valence-corrected chi connectivity index (χ1v) is 10.8. The molecule has 152 valence electrons. The normalized spacial score (nSPS) is 11.0. The molecule has 5 rings (SSSR count). The summed E-state index contributed by atoms with van der Waals surface area (Å²) in [6.45, 7) is 3.97. The highest BCUT2D eigenvalue weighted by atomic mass is 32.1. The van der Waals surface area contributed by atoms with Crippen molar-refractivity contribution in [2.45, 2.75) is 13.8 Å². The van der Waals surface area contributed by atoms with Crippen LogP contribution in [0.4, 0.5) is 5.13 Å². The van der Waals surface area contributed by atoms with Crippen LogP contribution in [-0.4, -0.2) is 20.7 Å². The maximum Gasteiger partial charge on any atom is 0.261 e. The lowest BCUT2D eigenvalue weighted by Gasteiger charge is -2.05. The summed E-state index contributed by atoms with van der Waals surface area (Å²) in [5.41, 5.74) is 5.82. The Morgan fingerprint density at radius 2 is 1.65 bits per heavy atom. The van der Waals surface area contributed by atoms with Gasteiger partial charge in [-0.05, 0) is 43.7 Å². The van der Waals surface area contributed by atoms with Crippen LogP contribution >= 0.6 is 11.3 Å². The summed E-state index contributed by atoms with van der Waals surface area (Å²) in [5, 5.41) is 8.38. The number of amides is 1. The molecular formula is C25H20N4OS. The van der Waals surface area contributed by atoms with Crippen molar-refractivity contribution in [2.75, 3.05) is 5.32 Å². The van der Waals surface area contributed by atoms with Gasteiger partial charge in [-0.25, -0.2) is 9.67 Å². The number of para-hydroxylation sites is 1. The molecule has 0 atom stereocenters. The number of anilines is 1. The molecule has 0 spiro atoms. The second-order valence-electron chi connectivity index (χ2n) is 7.37. The van der Waals surface area contributed by atoms with E-state index in [2.05, 4.69) is 16.4 Å². The van der Waals surface area contributed by atoms with Crippen LogP contribution < -0.4 is 5.32 Å². The average molecular weight is 425 g/mol. The molecule has 5 aromatic rings. The zero-order valence-corrected chi connectivity index (χ0v) is 18.0. The molecule has 0 aliphatic heterocycles. The fraction of sp³-hybridized carbons (Fsp3) is 0.0800. The largest absolute Gasteiger partial charge is 0.298 e. The minimum absolute atomic E-state index is 0.214. The smallest absolute Gasteiger partial charge is 0.261 e. The third-order valence-electron chi connectivity index (χ3n) is 5.16. The van der Waals surface area contributed by atoms with E-state index in [0.29, 0.717) is 16.4 Å². The van der Waals surface area contributed by atoms with Gasteiger partial charge in [-0.2, -0.15) is 5.10 Å². The van der Waals surface area contributed by atoms with E-state index in [1.165, 1.54) is 16.9 Å². The maximum atomic E-state index is 13.4. The van der Waals surface area contributed by atoms with Gasteiger partial charge in [-0.15, -0.1) is 0 Å². The highest BCUT2D eigenvalue weighted by molar-refractivity contribution is 7.22. The Bertz CT molecular complexity index is 1390. The highest BCUT2D eigenvalue weighted by Gasteiger charge is 2.24. The van der Waals surface area contributed by atoms with E-state index in [4.69, 9.17) is 5.10 Å². The molecule has 5 nitrogen and oxygen atoms in total. The van der Waals surface area contributed by atoms with Crippen molar-refractivity contribution in [1.82, 2.24) is 14.8 Å². The summed E-state index contributed by atoms with van der Waals surface area (Å²) in [5.74, 6) is -0.214. The predicted molar refractivity (Wildman–Crippen MR) is 126 cm³/mol. The molecule has 6 heteroatoms. The number of rotatable bonds is 4. The van der Waals surface area contributed by atoms with Crippen LogP contribution in [0.2, 0.25) is 0 Å². The van der Waals surface area contributed by atoms with Crippen molar-refractivity contribution in [1.29, 1.82) is 0 Å². The number of nitrogens with zero attached hydrogens (tertiary/aromatic N) is 3. The van der Waals surface area contributed by atoms with Gasteiger partial charge in [0.25, 0.3) is 5.91 Å². The summed E-state index contributed by atoms with van der Waals surface area (Å²) in [4.78, 5) is 18.0. The first kappa shape index (κ1) is 19.2. The van der Waals surface area contributed by atoms with E-state index < -0.39 is 0 Å². The molecule has 1 amide bonds. The summed E-state index contributed by atoms with van der Waals surface area (Å²) in [7, 11) is 0. The quantitative estimate of drug-likeness (QED) is 0.384. The third-order valence-corrected chi connectivity index (χ3v) is 6.09. The van der Waals surface area contributed by atoms with Gasteiger partial charge in [0.15, 0.2) is 5.13 Å². The number of carbonyl (C=O) groups is 1. The molecule has 2 aromatic heterocycles. The van der Waals surface area contributed by atoms with Crippen molar-refractivity contribution in [3.63, 3.8) is 0 Å². The van der Waals surface area contributed by atoms with Crippen LogP contribution in [0, 0.1) is 13.8 Å². The number of hydrogen-bond donors (Lipinski definition) is 1. The van der Waals surface area contributed by atoms with Crippen LogP contribution in [0.15, 0.2) is 78.9 Å². The maximum absolute atomic E-state index is 13.4. The molecule has 0 radical (unpaired) electrons. The van der Waals surface area contributed by atoms with Crippen LogP contribution in [0.25, 0.3) is 27.2 Å². The number of hydrogen-bond acceptors (Lipinski definition) is 4. The molecule has 31 heavy (non-hydrogen) atoms. The zero-order chi connectivity index (χ0) is 21.4. The zero-order valence-electron chi connectivity index (χ0n) is 17.2. The van der Waals surface area contributed by atoms with Gasteiger partial charge in [0.2, 0.25) is 0 Å². The molecule has 3 aromatic carbocycles. The number of benzene rings is 3. The topological polar surface area (TPSA) is 59.8 Å². The number of thiazole rings is 1. The molecule has 1 N–H and O–H groups in total. The van der Waals surface area contributed by atoms with E-state index in [9.17, 15) is 4.79 Å². The van der Waals surface area contributed by atoms with Crippen LogP contribution in [0.5, 0.6) is 0 Å². The Kier molecular flexibility index (Phi) is 4.84. The number of nitrogens with one attached hydrogen (secondary N) is 1. The monoisotopic (exact) mass is 424 g/mol. The lowest BCUT2D eigenvalue weighted by molar-refractivity contribution is 0.102. The first-order chi connectivity index (χ1) is 15.1. The predicted octanol–water partition coefficient (Wildman–Crippen LogP) is 6.02. The van der Waals surface area contributed by atoms with Gasteiger partial charge >= 0.3 is 0 Å². The Morgan fingerprint density at radius 3 is 2.39 bits per heavy atom. The Balaban J connectivity index is 1.59. The van der Waals surface area contributed by atoms with Crippen LogP contribution in [-0.2, 0) is 0 Å². The Hall–Kier alpha value is -3.77. The second-order valence-corrected chi connectivity index (χ2v) is 8.40. The molecule has 2 heterocycles. The van der Waals surface area contributed by atoms with E-state index in [0.717, 1.165) is 27.2 Å². The van der Waals surface area contributed by atoms with Crippen molar-refractivity contribution < 1.29 is 4.79 Å². The molecule has 0 unspecified atom stereocenters. The van der Waals surface area contributed by atoms with Gasteiger partial charge in [-0.3, -0.25) is 10.1 Å². The second kappa shape index (κ2) is 7.81. The number of aryl methyl sites for hydroxylation is 1. The van der Waals surface area contributed by atoms with Gasteiger partial charge in [0, 0.05) is 5.56 Å². The molecule has 0 saturated carbocycles. The van der Waals surface area contributed by atoms with E-state index >= 15 is 0 Å². The molecule has 0 aliphatic carbocycles. The summed E-state index contributed by atoms with van der Waals surface area (Å²) in [6.07, 6.45) is 0. The van der Waals surface area contributed by atoms with E-state index in [1.807, 2.05) is 91.3 Å². The van der Waals surface area contributed by atoms with Gasteiger partial charge in [0.05, 0.1) is 27.2 Å². The molecular weight excluding hydrogens is 404 g/mol. The summed E-state index contributed by atoms with van der Waals surface area (Å²) in [6, 6.07) is 25.7. The summed E-state index contributed by atoms with van der Waals surface area (Å²) >= 11 is 1.47. The Morgan fingerprint density at radius 1 is 0.935 bits per heavy atom. The number of aromatic nitrogens is 3.